The predicted octanol–water partition coefficient (Wildman–Crippen LogP) is 3.70. The van der Waals surface area contributed by atoms with E-state index in [1.165, 1.54) is 0 Å². The van der Waals surface area contributed by atoms with Crippen molar-refractivity contribution >= 4 is 22.5 Å². The second-order valence-electron chi connectivity index (χ2n) is 3.70. The maximum atomic E-state index is 13.1. The maximum Gasteiger partial charge on any atom is 0.303 e. The summed E-state index contributed by atoms with van der Waals surface area (Å²) >= 11 is 5.86. The molecule has 0 aliphatic rings. The first kappa shape index (κ1) is 11.2. The van der Waals surface area contributed by atoms with Crippen molar-refractivity contribution in [1.82, 2.24) is 9.97 Å². The van der Waals surface area contributed by atoms with E-state index < -0.39 is 11.7 Å². The van der Waals surface area contributed by atoms with Crippen molar-refractivity contribution in [2.24, 2.45) is 0 Å². The topological polar surface area (TPSA) is 25.8 Å². The number of alkyl halides is 2. The minimum atomic E-state index is -3.08. The van der Waals surface area contributed by atoms with Crippen LogP contribution in [0.4, 0.5) is 8.78 Å². The second kappa shape index (κ2) is 3.63. The first-order valence-electron chi connectivity index (χ1n) is 4.71. The highest BCUT2D eigenvalue weighted by molar-refractivity contribution is 6.34. The van der Waals surface area contributed by atoms with Crippen molar-refractivity contribution in [3.63, 3.8) is 0 Å². The Morgan fingerprint density at radius 2 is 1.94 bits per heavy atom. The number of fused-ring (bicyclic) bond motifs is 1. The van der Waals surface area contributed by atoms with Crippen LogP contribution in [0.5, 0.6) is 0 Å². The van der Waals surface area contributed by atoms with Gasteiger partial charge in [-0.2, -0.15) is 8.78 Å². The van der Waals surface area contributed by atoms with Crippen molar-refractivity contribution in [2.75, 3.05) is 0 Å². The van der Waals surface area contributed by atoms with Gasteiger partial charge in [0.05, 0.1) is 5.52 Å². The lowest BCUT2D eigenvalue weighted by Gasteiger charge is -2.11. The number of benzene rings is 1. The molecule has 1 aromatic carbocycles. The van der Waals surface area contributed by atoms with Crippen LogP contribution in [0.1, 0.15) is 18.3 Å². The molecular formula is C11H9ClF2N2. The van der Waals surface area contributed by atoms with E-state index in [1.807, 2.05) is 0 Å². The van der Waals surface area contributed by atoms with E-state index in [1.54, 1.807) is 25.1 Å². The summed E-state index contributed by atoms with van der Waals surface area (Å²) in [5, 5.41) is 0.653. The van der Waals surface area contributed by atoms with Gasteiger partial charge in [-0.25, -0.2) is 9.97 Å². The van der Waals surface area contributed by atoms with Crippen LogP contribution in [0.3, 0.4) is 0 Å². The van der Waals surface area contributed by atoms with Crippen molar-refractivity contribution in [3.05, 3.63) is 34.7 Å². The average Bonchev–Trinajstić information content (AvgIpc) is 2.18. The Kier molecular flexibility index (Phi) is 2.54. The number of hydrogen-bond donors (Lipinski definition) is 0. The van der Waals surface area contributed by atoms with Crippen molar-refractivity contribution < 1.29 is 8.78 Å². The molecule has 84 valence electrons. The molecule has 0 aliphatic carbocycles. The van der Waals surface area contributed by atoms with Gasteiger partial charge in [-0.1, -0.05) is 23.7 Å². The SMILES string of the molecule is Cc1cccc2c(Cl)nc(C(C)(F)F)nc12. The fourth-order valence-corrected chi connectivity index (χ4v) is 1.69. The third kappa shape index (κ3) is 1.85. The van der Waals surface area contributed by atoms with E-state index in [0.29, 0.717) is 10.9 Å². The number of aryl methyl sites for hydroxylation is 1. The maximum absolute atomic E-state index is 13.1. The lowest BCUT2D eigenvalue weighted by atomic mass is 10.1. The number of hydrogen-bond acceptors (Lipinski definition) is 2. The Balaban J connectivity index is 2.81. The molecule has 2 rings (SSSR count). The zero-order valence-electron chi connectivity index (χ0n) is 8.76. The quantitative estimate of drug-likeness (QED) is 0.713. The summed E-state index contributed by atoms with van der Waals surface area (Å²) in [5.74, 6) is -3.63. The zero-order chi connectivity index (χ0) is 11.9. The minimum Gasteiger partial charge on any atom is -0.227 e. The highest BCUT2D eigenvalue weighted by Crippen LogP contribution is 2.29. The molecule has 0 saturated carbocycles. The first-order valence-corrected chi connectivity index (χ1v) is 5.08. The fraction of sp³-hybridized carbons (Fsp3) is 0.273. The van der Waals surface area contributed by atoms with Gasteiger partial charge in [0.2, 0.25) is 5.82 Å². The van der Waals surface area contributed by atoms with Crippen LogP contribution in [-0.2, 0) is 5.92 Å². The van der Waals surface area contributed by atoms with Crippen LogP contribution in [-0.4, -0.2) is 9.97 Å². The molecule has 2 nitrogen and oxygen atoms in total. The summed E-state index contributed by atoms with van der Waals surface area (Å²) in [5.41, 5.74) is 1.27. The molecule has 0 saturated heterocycles. The molecule has 0 spiro atoms. The third-order valence-electron chi connectivity index (χ3n) is 2.27. The van der Waals surface area contributed by atoms with Crippen LogP contribution >= 0.6 is 11.6 Å². The standard InChI is InChI=1S/C11H9ClF2N2/c1-6-4-3-5-7-8(6)15-10(11(2,13)14)16-9(7)12/h3-5H,1-2H3. The van der Waals surface area contributed by atoms with Gasteiger partial charge in [0, 0.05) is 12.3 Å². The molecular weight excluding hydrogens is 234 g/mol. The molecule has 0 atom stereocenters. The largest absolute Gasteiger partial charge is 0.303 e. The Morgan fingerprint density at radius 3 is 2.56 bits per heavy atom. The number of nitrogens with zero attached hydrogens (tertiary/aromatic N) is 2. The summed E-state index contributed by atoms with van der Waals surface area (Å²) in [6, 6.07) is 5.29. The first-order chi connectivity index (χ1) is 7.39. The number of rotatable bonds is 1. The normalized spacial score (nSPS) is 12.1. The van der Waals surface area contributed by atoms with Crippen LogP contribution in [0.15, 0.2) is 18.2 Å². The van der Waals surface area contributed by atoms with Crippen molar-refractivity contribution in [2.45, 2.75) is 19.8 Å². The van der Waals surface area contributed by atoms with Crippen molar-refractivity contribution in [3.8, 4) is 0 Å². The van der Waals surface area contributed by atoms with E-state index in [4.69, 9.17) is 11.6 Å². The summed E-state index contributed by atoms with van der Waals surface area (Å²) in [6.45, 7) is 2.55. The third-order valence-corrected chi connectivity index (χ3v) is 2.56. The highest BCUT2D eigenvalue weighted by Gasteiger charge is 2.29. The molecule has 1 heterocycles. The van der Waals surface area contributed by atoms with Gasteiger partial charge >= 0.3 is 5.92 Å². The molecule has 0 fully saturated rings. The monoisotopic (exact) mass is 242 g/mol. The Hall–Kier alpha value is -1.29. The van der Waals surface area contributed by atoms with E-state index >= 15 is 0 Å². The molecule has 2 aromatic rings. The lowest BCUT2D eigenvalue weighted by molar-refractivity contribution is 0.00808. The van der Waals surface area contributed by atoms with E-state index in [2.05, 4.69) is 9.97 Å². The van der Waals surface area contributed by atoms with Gasteiger partial charge in [0.15, 0.2) is 0 Å². The zero-order valence-corrected chi connectivity index (χ0v) is 9.52. The van der Waals surface area contributed by atoms with Crippen LogP contribution < -0.4 is 0 Å². The summed E-state index contributed by atoms with van der Waals surface area (Å²) in [4.78, 5) is 7.48. The van der Waals surface area contributed by atoms with Gasteiger partial charge in [0.1, 0.15) is 5.15 Å². The molecule has 5 heteroatoms. The van der Waals surface area contributed by atoms with Crippen LogP contribution in [0, 0.1) is 6.92 Å². The highest BCUT2D eigenvalue weighted by atomic mass is 35.5. The number of para-hydroxylation sites is 1. The second-order valence-corrected chi connectivity index (χ2v) is 4.06. The average molecular weight is 243 g/mol. The van der Waals surface area contributed by atoms with Gasteiger partial charge in [-0.05, 0) is 18.6 Å². The molecule has 0 amide bonds. The molecule has 0 aliphatic heterocycles. The molecule has 16 heavy (non-hydrogen) atoms. The molecule has 0 radical (unpaired) electrons. The summed E-state index contributed by atoms with van der Waals surface area (Å²) < 4.78 is 26.2. The molecule has 0 bridgehead atoms. The number of halogens is 3. The smallest absolute Gasteiger partial charge is 0.227 e. The summed E-state index contributed by atoms with van der Waals surface area (Å²) in [7, 11) is 0. The van der Waals surface area contributed by atoms with E-state index in [0.717, 1.165) is 12.5 Å². The van der Waals surface area contributed by atoms with E-state index in [-0.39, 0.29) is 5.15 Å². The molecule has 1 aromatic heterocycles. The minimum absolute atomic E-state index is 0.0604. The van der Waals surface area contributed by atoms with Gasteiger partial charge in [-0.3, -0.25) is 0 Å². The van der Waals surface area contributed by atoms with Gasteiger partial charge in [0.25, 0.3) is 0 Å². The lowest BCUT2D eigenvalue weighted by Crippen LogP contribution is -2.13. The van der Waals surface area contributed by atoms with Gasteiger partial charge in [-0.15, -0.1) is 0 Å². The molecule has 0 unspecified atom stereocenters. The summed E-state index contributed by atoms with van der Waals surface area (Å²) in [6.07, 6.45) is 0. The van der Waals surface area contributed by atoms with Crippen LogP contribution in [0.25, 0.3) is 10.9 Å². The van der Waals surface area contributed by atoms with E-state index in [9.17, 15) is 8.78 Å². The van der Waals surface area contributed by atoms with Crippen molar-refractivity contribution in [1.29, 1.82) is 0 Å². The van der Waals surface area contributed by atoms with Crippen LogP contribution in [0.2, 0.25) is 5.15 Å². The number of aromatic nitrogens is 2. The van der Waals surface area contributed by atoms with Gasteiger partial charge < -0.3 is 0 Å². The Bertz CT molecular complexity index is 549. The Labute approximate surface area is 96.3 Å². The molecule has 0 N–H and O–H groups in total. The Morgan fingerprint density at radius 1 is 1.25 bits per heavy atom. The fourth-order valence-electron chi connectivity index (χ4n) is 1.45. The predicted molar refractivity (Wildman–Crippen MR) is 58.9 cm³/mol.